The molecule has 2 aromatic rings. The lowest BCUT2D eigenvalue weighted by atomic mass is 10.3. The van der Waals surface area contributed by atoms with Gasteiger partial charge in [0.2, 0.25) is 0 Å². The summed E-state index contributed by atoms with van der Waals surface area (Å²) >= 11 is 4.66. The van der Waals surface area contributed by atoms with E-state index in [-0.39, 0.29) is 5.91 Å². The van der Waals surface area contributed by atoms with Crippen LogP contribution in [0, 0.1) is 0 Å². The molecule has 0 unspecified atom stereocenters. The first-order chi connectivity index (χ1) is 6.70. The van der Waals surface area contributed by atoms with E-state index in [0.717, 1.165) is 14.7 Å². The number of rotatable bonds is 1. The third-order valence-electron chi connectivity index (χ3n) is 1.68. The molecule has 0 saturated heterocycles. The van der Waals surface area contributed by atoms with Crippen LogP contribution < -0.4 is 11.3 Å². The highest BCUT2D eigenvalue weighted by atomic mass is 79.9. The van der Waals surface area contributed by atoms with Crippen LogP contribution in [0.25, 0.3) is 10.2 Å². The van der Waals surface area contributed by atoms with Crippen LogP contribution in [0.3, 0.4) is 0 Å². The standard InChI is InChI=1S/C8H6BrN3OS/c9-4-1-2-5-6(3-4)14-8(11-5)7(13)12-10/h1-3H,10H2,(H,12,13). The normalized spacial score (nSPS) is 10.4. The average molecular weight is 272 g/mol. The lowest BCUT2D eigenvalue weighted by molar-refractivity contribution is 0.0953. The number of hydrazine groups is 1. The predicted molar refractivity (Wildman–Crippen MR) is 59.0 cm³/mol. The molecule has 3 N–H and O–H groups in total. The number of benzene rings is 1. The monoisotopic (exact) mass is 271 g/mol. The van der Waals surface area contributed by atoms with Gasteiger partial charge in [0.25, 0.3) is 5.91 Å². The van der Waals surface area contributed by atoms with Crippen LogP contribution in [0.2, 0.25) is 0 Å². The van der Waals surface area contributed by atoms with E-state index >= 15 is 0 Å². The molecular weight excluding hydrogens is 266 g/mol. The summed E-state index contributed by atoms with van der Waals surface area (Å²) in [5.41, 5.74) is 2.86. The van der Waals surface area contributed by atoms with Crippen LogP contribution in [0.5, 0.6) is 0 Å². The van der Waals surface area contributed by atoms with Crippen molar-refractivity contribution >= 4 is 43.4 Å². The van der Waals surface area contributed by atoms with Gasteiger partial charge in [-0.3, -0.25) is 10.2 Å². The Bertz CT molecular complexity index is 496. The van der Waals surface area contributed by atoms with E-state index in [9.17, 15) is 4.79 Å². The molecule has 0 fully saturated rings. The summed E-state index contributed by atoms with van der Waals surface area (Å²) in [5.74, 6) is 4.65. The Kier molecular flexibility index (Phi) is 2.49. The molecule has 0 atom stereocenters. The molecular formula is C8H6BrN3OS. The third-order valence-corrected chi connectivity index (χ3v) is 3.19. The van der Waals surface area contributed by atoms with Crippen molar-refractivity contribution in [3.8, 4) is 0 Å². The Labute approximate surface area is 92.2 Å². The van der Waals surface area contributed by atoms with Crippen LogP contribution in [0.4, 0.5) is 0 Å². The van der Waals surface area contributed by atoms with Crippen LogP contribution in [0.15, 0.2) is 22.7 Å². The molecule has 1 aromatic carbocycles. The summed E-state index contributed by atoms with van der Waals surface area (Å²) in [7, 11) is 0. The fourth-order valence-electron chi connectivity index (χ4n) is 1.06. The van der Waals surface area contributed by atoms with Gasteiger partial charge in [-0.25, -0.2) is 10.8 Å². The molecule has 6 heteroatoms. The van der Waals surface area contributed by atoms with Crippen LogP contribution in [0.1, 0.15) is 9.80 Å². The SMILES string of the molecule is NNC(=O)c1nc2ccc(Br)cc2s1. The molecule has 0 aliphatic heterocycles. The van der Waals surface area contributed by atoms with E-state index < -0.39 is 0 Å². The van der Waals surface area contributed by atoms with E-state index in [1.165, 1.54) is 11.3 Å². The van der Waals surface area contributed by atoms with Crippen molar-refractivity contribution in [2.24, 2.45) is 5.84 Å². The maximum atomic E-state index is 11.2. The fraction of sp³-hybridized carbons (Fsp3) is 0. The number of hydrogen-bond donors (Lipinski definition) is 2. The number of nitrogens with two attached hydrogens (primary N) is 1. The van der Waals surface area contributed by atoms with Crippen LogP contribution in [-0.4, -0.2) is 10.9 Å². The van der Waals surface area contributed by atoms with Crippen molar-refractivity contribution in [1.82, 2.24) is 10.4 Å². The zero-order valence-electron chi connectivity index (χ0n) is 6.95. The first-order valence-corrected chi connectivity index (χ1v) is 5.38. The number of nitrogen functional groups attached to an aromatic ring is 1. The van der Waals surface area contributed by atoms with Gasteiger partial charge in [0.1, 0.15) is 0 Å². The van der Waals surface area contributed by atoms with Gasteiger partial charge in [0, 0.05) is 4.47 Å². The molecule has 0 aliphatic carbocycles. The predicted octanol–water partition coefficient (Wildman–Crippen LogP) is 1.66. The summed E-state index contributed by atoms with van der Waals surface area (Å²) in [6, 6.07) is 5.65. The molecule has 0 radical (unpaired) electrons. The Hall–Kier alpha value is -0.980. The average Bonchev–Trinajstić information content (AvgIpc) is 2.59. The van der Waals surface area contributed by atoms with Crippen molar-refractivity contribution in [3.63, 3.8) is 0 Å². The van der Waals surface area contributed by atoms with Gasteiger partial charge in [-0.05, 0) is 18.2 Å². The number of thiazole rings is 1. The number of halogens is 1. The van der Waals surface area contributed by atoms with Crippen molar-refractivity contribution in [1.29, 1.82) is 0 Å². The smallest absolute Gasteiger partial charge is 0.288 e. The van der Waals surface area contributed by atoms with Crippen molar-refractivity contribution < 1.29 is 4.79 Å². The van der Waals surface area contributed by atoms with Gasteiger partial charge in [-0.1, -0.05) is 15.9 Å². The quantitative estimate of drug-likeness (QED) is 0.471. The van der Waals surface area contributed by atoms with Gasteiger partial charge in [0.15, 0.2) is 5.01 Å². The van der Waals surface area contributed by atoms with Crippen molar-refractivity contribution in [3.05, 3.63) is 27.7 Å². The molecule has 0 aliphatic rings. The molecule has 1 amide bonds. The Morgan fingerprint density at radius 3 is 3.07 bits per heavy atom. The minimum atomic E-state index is -0.359. The minimum Gasteiger partial charge on any atom is -0.288 e. The first-order valence-electron chi connectivity index (χ1n) is 3.78. The molecule has 2 rings (SSSR count). The number of nitrogens with zero attached hydrogens (tertiary/aromatic N) is 1. The van der Waals surface area contributed by atoms with Crippen LogP contribution in [-0.2, 0) is 0 Å². The molecule has 0 saturated carbocycles. The number of nitrogens with one attached hydrogen (secondary N) is 1. The Morgan fingerprint density at radius 2 is 2.36 bits per heavy atom. The summed E-state index contributed by atoms with van der Waals surface area (Å²) < 4.78 is 1.92. The highest BCUT2D eigenvalue weighted by molar-refractivity contribution is 9.10. The summed E-state index contributed by atoms with van der Waals surface area (Å²) in [5, 5.41) is 0.376. The molecule has 0 spiro atoms. The summed E-state index contributed by atoms with van der Waals surface area (Å²) in [6.45, 7) is 0. The van der Waals surface area contributed by atoms with Gasteiger partial charge in [0.05, 0.1) is 10.2 Å². The summed E-state index contributed by atoms with van der Waals surface area (Å²) in [6.07, 6.45) is 0. The molecule has 0 bridgehead atoms. The van der Waals surface area contributed by atoms with Gasteiger partial charge < -0.3 is 0 Å². The van der Waals surface area contributed by atoms with Crippen molar-refractivity contribution in [2.45, 2.75) is 0 Å². The number of hydrogen-bond acceptors (Lipinski definition) is 4. The van der Waals surface area contributed by atoms with E-state index in [0.29, 0.717) is 5.01 Å². The Balaban J connectivity index is 2.56. The molecule has 72 valence electrons. The molecule has 1 heterocycles. The van der Waals surface area contributed by atoms with Gasteiger partial charge >= 0.3 is 0 Å². The lowest BCUT2D eigenvalue weighted by Gasteiger charge is -1.89. The van der Waals surface area contributed by atoms with Gasteiger partial charge in [-0.15, -0.1) is 11.3 Å². The molecule has 14 heavy (non-hydrogen) atoms. The van der Waals surface area contributed by atoms with Crippen molar-refractivity contribution in [2.75, 3.05) is 0 Å². The van der Waals surface area contributed by atoms with E-state index in [1.807, 2.05) is 18.2 Å². The van der Waals surface area contributed by atoms with E-state index in [2.05, 4.69) is 26.3 Å². The fourth-order valence-corrected chi connectivity index (χ4v) is 2.48. The molecule has 1 aromatic heterocycles. The zero-order chi connectivity index (χ0) is 10.1. The second-order valence-corrected chi connectivity index (χ2v) is 4.55. The molecule has 4 nitrogen and oxygen atoms in total. The topological polar surface area (TPSA) is 68.0 Å². The highest BCUT2D eigenvalue weighted by Crippen LogP contribution is 2.25. The van der Waals surface area contributed by atoms with Gasteiger partial charge in [-0.2, -0.15) is 0 Å². The lowest BCUT2D eigenvalue weighted by Crippen LogP contribution is -2.29. The highest BCUT2D eigenvalue weighted by Gasteiger charge is 2.10. The second-order valence-electron chi connectivity index (χ2n) is 2.60. The minimum absolute atomic E-state index is 0.359. The second kappa shape index (κ2) is 3.64. The zero-order valence-corrected chi connectivity index (χ0v) is 9.35. The number of aromatic nitrogens is 1. The maximum Gasteiger partial charge on any atom is 0.294 e. The number of carbonyl (C=O) groups excluding carboxylic acids is 1. The number of carbonyl (C=O) groups is 1. The maximum absolute atomic E-state index is 11.2. The van der Waals surface area contributed by atoms with E-state index in [4.69, 9.17) is 5.84 Å². The summed E-state index contributed by atoms with van der Waals surface area (Å²) in [4.78, 5) is 15.3. The third kappa shape index (κ3) is 1.63. The Morgan fingerprint density at radius 1 is 1.57 bits per heavy atom. The number of fused-ring (bicyclic) bond motifs is 1. The van der Waals surface area contributed by atoms with E-state index in [1.54, 1.807) is 0 Å². The largest absolute Gasteiger partial charge is 0.294 e. The number of amides is 1. The van der Waals surface area contributed by atoms with Crippen LogP contribution >= 0.6 is 27.3 Å². The first kappa shape index (κ1) is 9.57.